The normalized spacial score (nSPS) is 16.0. The van der Waals surface area contributed by atoms with Crippen molar-refractivity contribution in [3.05, 3.63) is 16.0 Å². The molecule has 2 heterocycles. The molecule has 1 aliphatic rings. The average Bonchev–Trinajstić information content (AvgIpc) is 3.22. The molecule has 1 unspecified atom stereocenters. The number of esters is 1. The number of aromatic nitrogens is 3. The minimum atomic E-state index is -0.366. The van der Waals surface area contributed by atoms with Gasteiger partial charge in [-0.15, -0.1) is 16.4 Å². The number of carbonyl (C=O) groups is 2. The molecule has 0 bridgehead atoms. The number of thioether (sulfide) groups is 1. The van der Waals surface area contributed by atoms with E-state index in [0.717, 1.165) is 31.2 Å². The highest BCUT2D eigenvalue weighted by atomic mass is 32.2. The van der Waals surface area contributed by atoms with Gasteiger partial charge in [0.15, 0.2) is 0 Å². The van der Waals surface area contributed by atoms with Gasteiger partial charge in [-0.1, -0.05) is 25.1 Å². The quantitative estimate of drug-likeness (QED) is 0.474. The second kappa shape index (κ2) is 8.75. The van der Waals surface area contributed by atoms with Gasteiger partial charge in [-0.2, -0.15) is 4.98 Å². The minimum Gasteiger partial charge on any atom is -0.462 e. The molecule has 0 spiro atoms. The van der Waals surface area contributed by atoms with Crippen LogP contribution in [0.5, 0.6) is 0 Å². The number of hydrogen-bond acceptors (Lipinski definition) is 8. The maximum Gasteiger partial charge on any atom is 0.341 e. The van der Waals surface area contributed by atoms with Gasteiger partial charge in [-0.25, -0.2) is 9.89 Å². The van der Waals surface area contributed by atoms with Crippen molar-refractivity contribution in [3.63, 3.8) is 0 Å². The van der Waals surface area contributed by atoms with E-state index >= 15 is 0 Å². The van der Waals surface area contributed by atoms with Crippen molar-refractivity contribution >= 4 is 45.9 Å². The van der Waals surface area contributed by atoms with E-state index in [0.29, 0.717) is 28.2 Å². The van der Waals surface area contributed by atoms with Crippen molar-refractivity contribution in [1.29, 1.82) is 0 Å². The third kappa shape index (κ3) is 4.62. The first-order valence-electron chi connectivity index (χ1n) is 8.93. The molecule has 2 aromatic heterocycles. The summed E-state index contributed by atoms with van der Waals surface area (Å²) in [6.07, 6.45) is 3.97. The van der Waals surface area contributed by atoms with Crippen molar-refractivity contribution in [2.75, 3.05) is 23.4 Å². The number of nitrogen functional groups attached to an aromatic ring is 1. The van der Waals surface area contributed by atoms with Crippen LogP contribution in [0.1, 0.15) is 47.5 Å². The van der Waals surface area contributed by atoms with Gasteiger partial charge >= 0.3 is 5.97 Å². The van der Waals surface area contributed by atoms with Crippen LogP contribution in [-0.4, -0.2) is 39.4 Å². The van der Waals surface area contributed by atoms with Crippen LogP contribution in [0, 0.1) is 5.92 Å². The predicted octanol–water partition coefficient (Wildman–Crippen LogP) is 2.87. The summed E-state index contributed by atoms with van der Waals surface area (Å²) in [5.74, 6) is 0.370. The summed E-state index contributed by atoms with van der Waals surface area (Å²) in [6.45, 7) is 4.27. The number of nitrogens with one attached hydrogen (secondary N) is 2. The van der Waals surface area contributed by atoms with Gasteiger partial charge in [0.25, 0.3) is 0 Å². The number of aromatic amines is 1. The zero-order chi connectivity index (χ0) is 19.4. The Morgan fingerprint density at radius 1 is 1.44 bits per heavy atom. The van der Waals surface area contributed by atoms with Gasteiger partial charge in [0.2, 0.25) is 17.0 Å². The Morgan fingerprint density at radius 2 is 2.26 bits per heavy atom. The lowest BCUT2D eigenvalue weighted by Crippen LogP contribution is -2.18. The topological polar surface area (TPSA) is 123 Å². The molecule has 0 aromatic carbocycles. The second-order valence-electron chi connectivity index (χ2n) is 6.29. The number of hydrogen-bond donors (Lipinski definition) is 3. The van der Waals surface area contributed by atoms with Crippen molar-refractivity contribution in [2.45, 2.75) is 44.7 Å². The number of rotatable bonds is 7. The third-order valence-electron chi connectivity index (χ3n) is 4.49. The fourth-order valence-electron chi connectivity index (χ4n) is 3.13. The largest absolute Gasteiger partial charge is 0.462 e. The number of nitrogens with two attached hydrogens (primary N) is 1. The summed E-state index contributed by atoms with van der Waals surface area (Å²) >= 11 is 2.66. The van der Waals surface area contributed by atoms with Crippen molar-refractivity contribution in [2.24, 2.45) is 5.92 Å². The van der Waals surface area contributed by atoms with Crippen LogP contribution < -0.4 is 11.1 Å². The van der Waals surface area contributed by atoms with Crippen LogP contribution in [-0.2, 0) is 22.4 Å². The van der Waals surface area contributed by atoms with E-state index in [9.17, 15) is 9.59 Å². The number of ether oxygens (including phenoxy) is 1. The highest BCUT2D eigenvalue weighted by Gasteiger charge is 2.29. The number of nitrogens with zero attached hydrogens (tertiary/aromatic N) is 2. The smallest absolute Gasteiger partial charge is 0.341 e. The first-order chi connectivity index (χ1) is 13.0. The molecule has 10 heteroatoms. The lowest BCUT2D eigenvalue weighted by molar-refractivity contribution is -0.113. The summed E-state index contributed by atoms with van der Waals surface area (Å²) in [5.41, 5.74) is 7.03. The molecule has 0 fully saturated rings. The lowest BCUT2D eigenvalue weighted by Gasteiger charge is -2.20. The van der Waals surface area contributed by atoms with Crippen LogP contribution >= 0.6 is 23.1 Å². The number of anilines is 2. The van der Waals surface area contributed by atoms with E-state index in [2.05, 4.69) is 27.4 Å². The number of H-pyrrole nitrogens is 1. The Balaban J connectivity index is 1.75. The zero-order valence-corrected chi connectivity index (χ0v) is 17.0. The molecule has 0 saturated carbocycles. The lowest BCUT2D eigenvalue weighted by atomic mass is 9.85. The van der Waals surface area contributed by atoms with E-state index in [1.807, 2.05) is 0 Å². The molecule has 1 atom stereocenters. The van der Waals surface area contributed by atoms with Crippen LogP contribution in [0.2, 0.25) is 0 Å². The molecule has 4 N–H and O–H groups in total. The standard InChI is InChI=1S/C17H23N5O3S2/c1-3-9-5-6-10-11(7-9)27-14(13(10)15(24)25-4-2)19-12(23)8-26-17-20-16(18)21-22-17/h9H,3-8H2,1-2H3,(H,19,23)(H3,18,20,21,22). The first-order valence-corrected chi connectivity index (χ1v) is 10.7. The Bertz CT molecular complexity index is 833. The second-order valence-corrected chi connectivity index (χ2v) is 8.33. The van der Waals surface area contributed by atoms with E-state index < -0.39 is 0 Å². The van der Waals surface area contributed by atoms with Crippen molar-refractivity contribution in [3.8, 4) is 0 Å². The fourth-order valence-corrected chi connectivity index (χ4v) is 5.10. The summed E-state index contributed by atoms with van der Waals surface area (Å²) in [4.78, 5) is 30.0. The zero-order valence-electron chi connectivity index (χ0n) is 15.3. The maximum absolute atomic E-state index is 12.5. The van der Waals surface area contributed by atoms with Gasteiger partial charge in [-0.05, 0) is 37.7 Å². The Hall–Kier alpha value is -2.07. The van der Waals surface area contributed by atoms with Gasteiger partial charge < -0.3 is 15.8 Å². The van der Waals surface area contributed by atoms with Crippen molar-refractivity contribution < 1.29 is 14.3 Å². The molecular formula is C17H23N5O3S2. The monoisotopic (exact) mass is 409 g/mol. The van der Waals surface area contributed by atoms with Gasteiger partial charge in [-0.3, -0.25) is 4.79 Å². The summed E-state index contributed by atoms with van der Waals surface area (Å²) in [5, 5.41) is 10.3. The summed E-state index contributed by atoms with van der Waals surface area (Å²) in [6, 6.07) is 0. The molecule has 1 aliphatic carbocycles. The summed E-state index contributed by atoms with van der Waals surface area (Å²) in [7, 11) is 0. The van der Waals surface area contributed by atoms with Crippen LogP contribution in [0.4, 0.5) is 10.9 Å². The Kier molecular flexibility index (Phi) is 6.38. The predicted molar refractivity (Wildman–Crippen MR) is 106 cm³/mol. The molecule has 146 valence electrons. The van der Waals surface area contributed by atoms with Crippen LogP contribution in [0.3, 0.4) is 0 Å². The van der Waals surface area contributed by atoms with E-state index in [1.165, 1.54) is 28.0 Å². The molecule has 0 saturated heterocycles. The van der Waals surface area contributed by atoms with Gasteiger partial charge in [0.05, 0.1) is 17.9 Å². The highest BCUT2D eigenvalue weighted by Crippen LogP contribution is 2.40. The van der Waals surface area contributed by atoms with E-state index in [1.54, 1.807) is 6.92 Å². The Labute approximate surface area is 165 Å². The molecular weight excluding hydrogens is 386 g/mol. The highest BCUT2D eigenvalue weighted by molar-refractivity contribution is 7.99. The Morgan fingerprint density at radius 3 is 2.93 bits per heavy atom. The fraction of sp³-hybridized carbons (Fsp3) is 0.529. The van der Waals surface area contributed by atoms with Gasteiger partial charge in [0.1, 0.15) is 5.00 Å². The number of fused-ring (bicyclic) bond motifs is 1. The number of thiophene rings is 1. The minimum absolute atomic E-state index is 0.125. The molecule has 0 aliphatic heterocycles. The number of carbonyl (C=O) groups excluding carboxylic acids is 2. The molecule has 8 nitrogen and oxygen atoms in total. The SMILES string of the molecule is CCOC(=O)c1c(NC(=O)CSc2n[nH]c(N)n2)sc2c1CCC(CC)C2. The summed E-state index contributed by atoms with van der Waals surface area (Å²) < 4.78 is 5.23. The molecule has 27 heavy (non-hydrogen) atoms. The molecule has 1 amide bonds. The van der Waals surface area contributed by atoms with Crippen LogP contribution in [0.15, 0.2) is 5.16 Å². The molecule has 0 radical (unpaired) electrons. The van der Waals surface area contributed by atoms with E-state index in [4.69, 9.17) is 10.5 Å². The van der Waals surface area contributed by atoms with Gasteiger partial charge in [0, 0.05) is 4.88 Å². The molecule has 2 aromatic rings. The third-order valence-corrected chi connectivity index (χ3v) is 6.51. The maximum atomic E-state index is 12.5. The molecule has 3 rings (SSSR count). The van der Waals surface area contributed by atoms with Crippen molar-refractivity contribution in [1.82, 2.24) is 15.2 Å². The average molecular weight is 410 g/mol. The van der Waals surface area contributed by atoms with E-state index in [-0.39, 0.29) is 23.6 Å². The number of amides is 1. The van der Waals surface area contributed by atoms with Crippen LogP contribution in [0.25, 0.3) is 0 Å². The first kappa shape index (κ1) is 19.7.